The number of benzene rings is 2. The Bertz CT molecular complexity index is 860. The molecule has 1 N–H and O–H groups in total. The Labute approximate surface area is 149 Å². The molecule has 0 saturated heterocycles. The zero-order valence-electron chi connectivity index (χ0n) is 13.3. The van der Waals surface area contributed by atoms with Gasteiger partial charge in [-0.1, -0.05) is 53.2 Å². The fourth-order valence-electron chi connectivity index (χ4n) is 2.49. The Kier molecular flexibility index (Phi) is 5.11. The summed E-state index contributed by atoms with van der Waals surface area (Å²) in [4.78, 5) is 16.8. The van der Waals surface area contributed by atoms with Crippen LogP contribution in [0.1, 0.15) is 18.4 Å². The zero-order chi connectivity index (χ0) is 16.9. The lowest BCUT2D eigenvalue weighted by molar-refractivity contribution is 0.796. The number of halogens is 1. The highest BCUT2D eigenvalue weighted by Crippen LogP contribution is 2.15. The molecule has 5 heteroatoms. The van der Waals surface area contributed by atoms with E-state index in [4.69, 9.17) is 0 Å². The van der Waals surface area contributed by atoms with Gasteiger partial charge in [-0.2, -0.15) is 0 Å². The van der Waals surface area contributed by atoms with Gasteiger partial charge < -0.3 is 5.32 Å². The number of nitrogens with zero attached hydrogens (tertiary/aromatic N) is 2. The first kappa shape index (κ1) is 16.5. The third kappa shape index (κ3) is 3.74. The highest BCUT2D eigenvalue weighted by Gasteiger charge is 2.09. The summed E-state index contributed by atoms with van der Waals surface area (Å²) in [6, 6.07) is 17.8. The summed E-state index contributed by atoms with van der Waals surface area (Å²) in [7, 11) is 0. The van der Waals surface area contributed by atoms with Crippen LogP contribution in [0.2, 0.25) is 0 Å². The molecule has 1 atom stereocenters. The smallest absolute Gasteiger partial charge is 0.297 e. The Morgan fingerprint density at radius 2 is 1.83 bits per heavy atom. The van der Waals surface area contributed by atoms with Gasteiger partial charge in [0.05, 0.1) is 0 Å². The largest absolute Gasteiger partial charge is 0.365 e. The van der Waals surface area contributed by atoms with Crippen molar-refractivity contribution in [3.63, 3.8) is 0 Å². The van der Waals surface area contributed by atoms with Crippen LogP contribution in [-0.2, 0) is 0 Å². The second kappa shape index (κ2) is 7.45. The van der Waals surface area contributed by atoms with E-state index in [0.717, 1.165) is 10.2 Å². The maximum Gasteiger partial charge on any atom is 0.297 e. The molecular formula is C19H18BrN3O. The first-order valence-corrected chi connectivity index (χ1v) is 8.57. The van der Waals surface area contributed by atoms with Gasteiger partial charge in [0.1, 0.15) is 0 Å². The van der Waals surface area contributed by atoms with Gasteiger partial charge in [0, 0.05) is 29.1 Å². The SMILES string of the molecule is CC(CNc1nccn(-c2ccc(Br)cc2)c1=O)c1ccccc1. The maximum absolute atomic E-state index is 12.6. The zero-order valence-corrected chi connectivity index (χ0v) is 14.9. The lowest BCUT2D eigenvalue weighted by Crippen LogP contribution is -2.24. The first-order chi connectivity index (χ1) is 11.6. The molecule has 1 aromatic heterocycles. The van der Waals surface area contributed by atoms with Crippen molar-refractivity contribution in [2.24, 2.45) is 0 Å². The molecule has 24 heavy (non-hydrogen) atoms. The number of hydrogen-bond donors (Lipinski definition) is 1. The Morgan fingerprint density at radius 1 is 1.12 bits per heavy atom. The van der Waals surface area contributed by atoms with Crippen LogP contribution in [0.4, 0.5) is 5.82 Å². The molecule has 2 aromatic carbocycles. The summed E-state index contributed by atoms with van der Waals surface area (Å²) in [5.74, 6) is 0.650. The van der Waals surface area contributed by atoms with E-state index in [0.29, 0.717) is 12.4 Å². The van der Waals surface area contributed by atoms with Crippen molar-refractivity contribution in [2.75, 3.05) is 11.9 Å². The van der Waals surface area contributed by atoms with Gasteiger partial charge in [-0.25, -0.2) is 4.98 Å². The van der Waals surface area contributed by atoms with Crippen LogP contribution in [0.15, 0.2) is 76.3 Å². The van der Waals surface area contributed by atoms with Gasteiger partial charge in [-0.15, -0.1) is 0 Å². The highest BCUT2D eigenvalue weighted by molar-refractivity contribution is 9.10. The minimum Gasteiger partial charge on any atom is -0.365 e. The average Bonchev–Trinajstić information content (AvgIpc) is 2.62. The molecule has 122 valence electrons. The second-order valence-corrected chi connectivity index (χ2v) is 6.54. The van der Waals surface area contributed by atoms with Crippen LogP contribution in [0.25, 0.3) is 5.69 Å². The monoisotopic (exact) mass is 383 g/mol. The standard InChI is InChI=1S/C19H18BrN3O/c1-14(15-5-3-2-4-6-15)13-22-18-19(24)23(12-11-21-18)17-9-7-16(20)8-10-17/h2-12,14H,13H2,1H3,(H,21,22). The highest BCUT2D eigenvalue weighted by atomic mass is 79.9. The van der Waals surface area contributed by atoms with Crippen molar-refractivity contribution in [1.82, 2.24) is 9.55 Å². The molecule has 0 spiro atoms. The quantitative estimate of drug-likeness (QED) is 0.717. The van der Waals surface area contributed by atoms with Crippen molar-refractivity contribution in [3.8, 4) is 5.69 Å². The summed E-state index contributed by atoms with van der Waals surface area (Å²) in [5, 5.41) is 3.18. The fourth-order valence-corrected chi connectivity index (χ4v) is 2.75. The molecule has 3 rings (SSSR count). The van der Waals surface area contributed by atoms with Crippen molar-refractivity contribution < 1.29 is 0 Å². The van der Waals surface area contributed by atoms with Crippen LogP contribution in [0, 0.1) is 0 Å². The summed E-state index contributed by atoms with van der Waals surface area (Å²) < 4.78 is 2.57. The molecule has 3 aromatic rings. The number of hydrogen-bond acceptors (Lipinski definition) is 3. The number of nitrogens with one attached hydrogen (secondary N) is 1. The first-order valence-electron chi connectivity index (χ1n) is 7.77. The van der Waals surface area contributed by atoms with E-state index >= 15 is 0 Å². The van der Waals surface area contributed by atoms with Crippen LogP contribution in [-0.4, -0.2) is 16.1 Å². The summed E-state index contributed by atoms with van der Waals surface area (Å²) in [6.45, 7) is 2.77. The lowest BCUT2D eigenvalue weighted by Gasteiger charge is -2.14. The summed E-state index contributed by atoms with van der Waals surface area (Å²) in [5.41, 5.74) is 1.89. The van der Waals surface area contributed by atoms with E-state index in [1.54, 1.807) is 17.0 Å². The van der Waals surface area contributed by atoms with E-state index < -0.39 is 0 Å². The number of rotatable bonds is 5. The van der Waals surface area contributed by atoms with Gasteiger partial charge in [0.25, 0.3) is 5.56 Å². The van der Waals surface area contributed by atoms with Crippen LogP contribution < -0.4 is 10.9 Å². The minimum absolute atomic E-state index is 0.153. The van der Waals surface area contributed by atoms with E-state index in [1.165, 1.54) is 5.56 Å². The summed E-state index contributed by atoms with van der Waals surface area (Å²) in [6.07, 6.45) is 3.32. The third-order valence-corrected chi connectivity index (χ3v) is 4.42. The molecule has 0 saturated carbocycles. The normalized spacial score (nSPS) is 11.9. The van der Waals surface area contributed by atoms with Crippen molar-refractivity contribution >= 4 is 21.7 Å². The second-order valence-electron chi connectivity index (χ2n) is 5.62. The topological polar surface area (TPSA) is 46.9 Å². The van der Waals surface area contributed by atoms with E-state index in [1.807, 2.05) is 42.5 Å². The Balaban J connectivity index is 1.79. The van der Waals surface area contributed by atoms with Gasteiger partial charge in [0.15, 0.2) is 5.82 Å². The average molecular weight is 384 g/mol. The lowest BCUT2D eigenvalue weighted by atomic mass is 10.0. The van der Waals surface area contributed by atoms with Gasteiger partial charge in [-0.3, -0.25) is 9.36 Å². The molecule has 0 aliphatic rings. The third-order valence-electron chi connectivity index (χ3n) is 3.89. The number of aromatic nitrogens is 2. The molecule has 0 amide bonds. The Morgan fingerprint density at radius 3 is 2.54 bits per heavy atom. The van der Waals surface area contributed by atoms with Crippen LogP contribution in [0.3, 0.4) is 0 Å². The van der Waals surface area contributed by atoms with Crippen molar-refractivity contribution in [1.29, 1.82) is 0 Å². The molecule has 0 radical (unpaired) electrons. The molecule has 0 bridgehead atoms. The predicted octanol–water partition coefficient (Wildman–Crippen LogP) is 4.21. The Hall–Kier alpha value is -2.40. The predicted molar refractivity (Wildman–Crippen MR) is 101 cm³/mol. The van der Waals surface area contributed by atoms with Crippen molar-refractivity contribution in [3.05, 3.63) is 87.4 Å². The molecule has 1 unspecified atom stereocenters. The van der Waals surface area contributed by atoms with Gasteiger partial charge in [-0.05, 0) is 35.7 Å². The molecule has 1 heterocycles. The van der Waals surface area contributed by atoms with E-state index in [9.17, 15) is 4.79 Å². The fraction of sp³-hybridized carbons (Fsp3) is 0.158. The van der Waals surface area contributed by atoms with E-state index in [2.05, 4.69) is 45.3 Å². The van der Waals surface area contributed by atoms with E-state index in [-0.39, 0.29) is 11.5 Å². The minimum atomic E-state index is -0.153. The molecule has 0 aliphatic heterocycles. The van der Waals surface area contributed by atoms with Gasteiger partial charge in [0.2, 0.25) is 0 Å². The summed E-state index contributed by atoms with van der Waals surface area (Å²) >= 11 is 3.40. The number of anilines is 1. The van der Waals surface area contributed by atoms with Crippen LogP contribution in [0.5, 0.6) is 0 Å². The maximum atomic E-state index is 12.6. The van der Waals surface area contributed by atoms with Crippen molar-refractivity contribution in [2.45, 2.75) is 12.8 Å². The molecule has 4 nitrogen and oxygen atoms in total. The molecule has 0 fully saturated rings. The molecular weight excluding hydrogens is 366 g/mol. The van der Waals surface area contributed by atoms with Crippen LogP contribution >= 0.6 is 15.9 Å². The molecule has 0 aliphatic carbocycles. The van der Waals surface area contributed by atoms with Gasteiger partial charge >= 0.3 is 0 Å².